The van der Waals surface area contributed by atoms with Gasteiger partial charge in [0, 0.05) is 10.0 Å². The first-order valence-electron chi connectivity index (χ1n) is 7.44. The van der Waals surface area contributed by atoms with Crippen molar-refractivity contribution < 1.29 is 14.2 Å². The van der Waals surface area contributed by atoms with Crippen molar-refractivity contribution in [3.05, 3.63) is 27.7 Å². The summed E-state index contributed by atoms with van der Waals surface area (Å²) in [6, 6.07) is 4.25. The lowest BCUT2D eigenvalue weighted by Crippen LogP contribution is -2.41. The van der Waals surface area contributed by atoms with E-state index in [2.05, 4.69) is 47.2 Å². The number of rotatable bonds is 6. The fraction of sp³-hybridized carbons (Fsp3) is 0.625. The van der Waals surface area contributed by atoms with Gasteiger partial charge in [0.1, 0.15) is 11.9 Å². The molecular formula is C16H24BrNO3. The van der Waals surface area contributed by atoms with Crippen LogP contribution in [0.15, 0.2) is 16.6 Å². The van der Waals surface area contributed by atoms with Gasteiger partial charge in [-0.2, -0.15) is 0 Å². The average Bonchev–Trinajstić information content (AvgIpc) is 2.51. The number of halogens is 1. The normalized spacial score (nSPS) is 20.3. The Hall–Kier alpha value is -0.620. The molecule has 0 saturated carbocycles. The first-order chi connectivity index (χ1) is 10.2. The third kappa shape index (κ3) is 4.19. The van der Waals surface area contributed by atoms with Gasteiger partial charge in [-0.25, -0.2) is 0 Å². The maximum Gasteiger partial charge on any atom is 0.124 e. The predicted octanol–water partition coefficient (Wildman–Crippen LogP) is 3.22. The zero-order chi connectivity index (χ0) is 15.2. The van der Waals surface area contributed by atoms with Crippen molar-refractivity contribution in [1.29, 1.82) is 0 Å². The standard InChI is InChI=1S/C16H24BrNO3/c1-4-5-18-16(15-10-20-6-7-21-15)12-9-13(17)11(2)8-14(12)19-3/h8-9,15-16,18H,4-7,10H2,1-3H3. The van der Waals surface area contributed by atoms with Crippen molar-refractivity contribution >= 4 is 15.9 Å². The van der Waals surface area contributed by atoms with Crippen LogP contribution in [0.3, 0.4) is 0 Å². The number of benzene rings is 1. The number of aryl methyl sites for hydroxylation is 1. The summed E-state index contributed by atoms with van der Waals surface area (Å²) in [5.41, 5.74) is 2.27. The first kappa shape index (κ1) is 16.7. The molecule has 4 nitrogen and oxygen atoms in total. The van der Waals surface area contributed by atoms with Gasteiger partial charge in [-0.3, -0.25) is 0 Å². The number of hydrogen-bond acceptors (Lipinski definition) is 4. The van der Waals surface area contributed by atoms with Gasteiger partial charge in [0.2, 0.25) is 0 Å². The molecular weight excluding hydrogens is 334 g/mol. The zero-order valence-electron chi connectivity index (χ0n) is 12.9. The van der Waals surface area contributed by atoms with Gasteiger partial charge in [-0.15, -0.1) is 0 Å². The molecule has 1 saturated heterocycles. The summed E-state index contributed by atoms with van der Waals surface area (Å²) in [4.78, 5) is 0. The molecule has 1 aliphatic rings. The van der Waals surface area contributed by atoms with Crippen molar-refractivity contribution in [2.75, 3.05) is 33.5 Å². The van der Waals surface area contributed by atoms with E-state index < -0.39 is 0 Å². The lowest BCUT2D eigenvalue weighted by atomic mass is 9.98. The minimum Gasteiger partial charge on any atom is -0.496 e. The lowest BCUT2D eigenvalue weighted by molar-refractivity contribution is -0.102. The topological polar surface area (TPSA) is 39.7 Å². The van der Waals surface area contributed by atoms with Crippen molar-refractivity contribution in [3.8, 4) is 5.75 Å². The highest BCUT2D eigenvalue weighted by Crippen LogP contribution is 2.34. The van der Waals surface area contributed by atoms with E-state index in [0.717, 1.165) is 34.3 Å². The molecule has 0 spiro atoms. The molecule has 21 heavy (non-hydrogen) atoms. The van der Waals surface area contributed by atoms with Gasteiger partial charge in [-0.05, 0) is 37.6 Å². The first-order valence-corrected chi connectivity index (χ1v) is 8.23. The van der Waals surface area contributed by atoms with E-state index in [1.54, 1.807) is 7.11 Å². The van der Waals surface area contributed by atoms with Crippen LogP contribution in [0.1, 0.15) is 30.5 Å². The Morgan fingerprint density at radius 1 is 1.43 bits per heavy atom. The molecule has 1 N–H and O–H groups in total. The molecule has 0 amide bonds. The second-order valence-corrected chi connectivity index (χ2v) is 6.11. The summed E-state index contributed by atoms with van der Waals surface area (Å²) >= 11 is 3.61. The van der Waals surface area contributed by atoms with E-state index in [4.69, 9.17) is 14.2 Å². The fourth-order valence-corrected chi connectivity index (χ4v) is 2.89. The third-order valence-electron chi connectivity index (χ3n) is 3.67. The number of ether oxygens (including phenoxy) is 3. The predicted molar refractivity (Wildman–Crippen MR) is 87.0 cm³/mol. The number of hydrogen-bond donors (Lipinski definition) is 1. The van der Waals surface area contributed by atoms with Crippen molar-refractivity contribution in [3.63, 3.8) is 0 Å². The van der Waals surface area contributed by atoms with E-state index in [9.17, 15) is 0 Å². The molecule has 1 aromatic carbocycles. The Bertz CT molecular complexity index is 461. The summed E-state index contributed by atoms with van der Waals surface area (Å²) in [5.74, 6) is 0.887. The maximum absolute atomic E-state index is 5.90. The largest absolute Gasteiger partial charge is 0.496 e. The van der Waals surface area contributed by atoms with E-state index in [-0.39, 0.29) is 12.1 Å². The van der Waals surface area contributed by atoms with Crippen LogP contribution < -0.4 is 10.1 Å². The second kappa shape index (κ2) is 8.13. The monoisotopic (exact) mass is 357 g/mol. The molecule has 0 bridgehead atoms. The molecule has 1 heterocycles. The molecule has 2 unspecified atom stereocenters. The summed E-state index contributed by atoms with van der Waals surface area (Å²) in [6.07, 6.45) is 1.08. The Morgan fingerprint density at radius 2 is 2.24 bits per heavy atom. The van der Waals surface area contributed by atoms with Crippen LogP contribution >= 0.6 is 15.9 Å². The SMILES string of the molecule is CCCNC(c1cc(Br)c(C)cc1OC)C1COCCO1. The fourth-order valence-electron chi connectivity index (χ4n) is 2.53. The highest BCUT2D eigenvalue weighted by atomic mass is 79.9. The van der Waals surface area contributed by atoms with Crippen LogP contribution in [0.4, 0.5) is 0 Å². The molecule has 2 atom stereocenters. The zero-order valence-corrected chi connectivity index (χ0v) is 14.5. The van der Waals surface area contributed by atoms with Crippen LogP contribution in [0, 0.1) is 6.92 Å². The van der Waals surface area contributed by atoms with Gasteiger partial charge in [0.05, 0.1) is 33.0 Å². The quantitative estimate of drug-likeness (QED) is 0.848. The summed E-state index contributed by atoms with van der Waals surface area (Å²) < 4.78 is 18.1. The van der Waals surface area contributed by atoms with E-state index in [0.29, 0.717) is 19.8 Å². The Morgan fingerprint density at radius 3 is 2.86 bits per heavy atom. The van der Waals surface area contributed by atoms with Gasteiger partial charge in [0.15, 0.2) is 0 Å². The van der Waals surface area contributed by atoms with Gasteiger partial charge >= 0.3 is 0 Å². The van der Waals surface area contributed by atoms with Gasteiger partial charge < -0.3 is 19.5 Å². The van der Waals surface area contributed by atoms with Gasteiger partial charge in [0.25, 0.3) is 0 Å². The smallest absolute Gasteiger partial charge is 0.124 e. The highest BCUT2D eigenvalue weighted by Gasteiger charge is 2.29. The van der Waals surface area contributed by atoms with E-state index in [1.807, 2.05) is 0 Å². The number of methoxy groups -OCH3 is 1. The Kier molecular flexibility index (Phi) is 6.48. The molecule has 1 aliphatic heterocycles. The Labute approximate surface area is 135 Å². The van der Waals surface area contributed by atoms with Crippen molar-refractivity contribution in [1.82, 2.24) is 5.32 Å². The minimum atomic E-state index is 0.00815. The van der Waals surface area contributed by atoms with Crippen LogP contribution in [-0.2, 0) is 9.47 Å². The minimum absolute atomic E-state index is 0.00815. The molecule has 0 aromatic heterocycles. The summed E-state index contributed by atoms with van der Waals surface area (Å²) in [6.45, 7) is 7.07. The molecule has 1 fully saturated rings. The molecule has 0 aliphatic carbocycles. The molecule has 2 rings (SSSR count). The highest BCUT2D eigenvalue weighted by molar-refractivity contribution is 9.10. The number of nitrogens with one attached hydrogen (secondary N) is 1. The Balaban J connectivity index is 2.32. The van der Waals surface area contributed by atoms with Crippen molar-refractivity contribution in [2.24, 2.45) is 0 Å². The third-order valence-corrected chi connectivity index (χ3v) is 4.53. The molecule has 1 aromatic rings. The molecule has 0 radical (unpaired) electrons. The van der Waals surface area contributed by atoms with Crippen LogP contribution in [0.5, 0.6) is 5.75 Å². The lowest BCUT2D eigenvalue weighted by Gasteiger charge is -2.32. The summed E-state index contributed by atoms with van der Waals surface area (Å²) in [7, 11) is 1.71. The van der Waals surface area contributed by atoms with Gasteiger partial charge in [-0.1, -0.05) is 22.9 Å². The van der Waals surface area contributed by atoms with Crippen LogP contribution in [0.25, 0.3) is 0 Å². The van der Waals surface area contributed by atoms with E-state index >= 15 is 0 Å². The van der Waals surface area contributed by atoms with Crippen LogP contribution in [-0.4, -0.2) is 39.6 Å². The van der Waals surface area contributed by atoms with Crippen molar-refractivity contribution in [2.45, 2.75) is 32.4 Å². The molecule has 5 heteroatoms. The van der Waals surface area contributed by atoms with E-state index in [1.165, 1.54) is 0 Å². The maximum atomic E-state index is 5.90. The van der Waals surface area contributed by atoms with Crippen LogP contribution in [0.2, 0.25) is 0 Å². The second-order valence-electron chi connectivity index (χ2n) is 5.26. The summed E-state index contributed by atoms with van der Waals surface area (Å²) in [5, 5.41) is 3.57. The average molecular weight is 358 g/mol. The molecule has 118 valence electrons.